The van der Waals surface area contributed by atoms with E-state index in [1.54, 1.807) is 69.5 Å². The number of esters is 1. The number of hydrogen-bond donors (Lipinski definition) is 2. The highest BCUT2D eigenvalue weighted by Gasteiger charge is 2.23. The van der Waals surface area contributed by atoms with Gasteiger partial charge in [0.25, 0.3) is 5.91 Å². The zero-order valence-electron chi connectivity index (χ0n) is 18.3. The Hall–Kier alpha value is -4.40. The van der Waals surface area contributed by atoms with Crippen LogP contribution in [0.15, 0.2) is 59.3 Å². The van der Waals surface area contributed by atoms with Crippen molar-refractivity contribution in [2.45, 2.75) is 13.8 Å². The quantitative estimate of drug-likeness (QED) is 0.392. The third-order valence-electron chi connectivity index (χ3n) is 4.90. The first-order valence-electron chi connectivity index (χ1n) is 10.2. The zero-order chi connectivity index (χ0) is 23.4. The Kier molecular flexibility index (Phi) is 6.21. The van der Waals surface area contributed by atoms with Gasteiger partial charge < -0.3 is 24.5 Å². The Balaban J connectivity index is 1.54. The SMILES string of the molecule is CCOC(=O)c1c(C)oc2ncnc(Nc3ccc(C(=O)Nc4ccc(OC)cc4)cc3)c12. The van der Waals surface area contributed by atoms with E-state index in [-0.39, 0.29) is 23.8 Å². The standard InChI is InChI=1S/C24H22N4O5/c1-4-32-24(30)19-14(2)33-23-20(19)21(25-13-26-23)27-16-7-5-15(6-8-16)22(29)28-17-9-11-18(31-3)12-10-17/h5-13H,4H2,1-3H3,(H,28,29)(H,25,26,27). The number of nitrogens with one attached hydrogen (secondary N) is 2. The molecule has 0 spiro atoms. The van der Waals surface area contributed by atoms with Crippen molar-refractivity contribution in [2.24, 2.45) is 0 Å². The number of fused-ring (bicyclic) bond motifs is 1. The minimum absolute atomic E-state index is 0.238. The monoisotopic (exact) mass is 446 g/mol. The van der Waals surface area contributed by atoms with Crippen LogP contribution < -0.4 is 15.4 Å². The number of anilines is 3. The van der Waals surface area contributed by atoms with Crippen LogP contribution in [0.1, 0.15) is 33.4 Å². The molecule has 168 valence electrons. The van der Waals surface area contributed by atoms with Crippen LogP contribution in [0.4, 0.5) is 17.2 Å². The first-order valence-corrected chi connectivity index (χ1v) is 10.2. The van der Waals surface area contributed by atoms with Crippen molar-refractivity contribution in [3.8, 4) is 5.75 Å². The molecule has 2 aromatic carbocycles. The van der Waals surface area contributed by atoms with E-state index in [4.69, 9.17) is 13.9 Å². The number of ether oxygens (including phenoxy) is 2. The molecule has 2 N–H and O–H groups in total. The Morgan fingerprint density at radius 2 is 1.70 bits per heavy atom. The van der Waals surface area contributed by atoms with Gasteiger partial charge in [0.1, 0.15) is 29.2 Å². The van der Waals surface area contributed by atoms with Gasteiger partial charge in [0.15, 0.2) is 0 Å². The average molecular weight is 446 g/mol. The van der Waals surface area contributed by atoms with Gasteiger partial charge in [-0.15, -0.1) is 0 Å². The van der Waals surface area contributed by atoms with E-state index < -0.39 is 5.97 Å². The molecule has 0 atom stereocenters. The molecule has 0 aliphatic heterocycles. The molecule has 9 nitrogen and oxygen atoms in total. The molecule has 4 aromatic rings. The lowest BCUT2D eigenvalue weighted by Gasteiger charge is -2.09. The first kappa shape index (κ1) is 21.8. The highest BCUT2D eigenvalue weighted by Crippen LogP contribution is 2.31. The molecule has 1 amide bonds. The molecule has 0 fully saturated rings. The number of nitrogens with zero attached hydrogens (tertiary/aromatic N) is 2. The summed E-state index contributed by atoms with van der Waals surface area (Å²) in [6.07, 6.45) is 1.35. The number of furan rings is 1. The van der Waals surface area contributed by atoms with Crippen molar-refractivity contribution < 1.29 is 23.5 Å². The van der Waals surface area contributed by atoms with Crippen LogP contribution in [0.2, 0.25) is 0 Å². The number of rotatable bonds is 7. The summed E-state index contributed by atoms with van der Waals surface area (Å²) in [4.78, 5) is 33.4. The molecule has 9 heteroatoms. The number of carbonyl (C=O) groups excluding carboxylic acids is 2. The second kappa shape index (κ2) is 9.39. The van der Waals surface area contributed by atoms with E-state index in [1.165, 1.54) is 6.33 Å². The van der Waals surface area contributed by atoms with E-state index in [0.29, 0.717) is 39.7 Å². The van der Waals surface area contributed by atoms with Gasteiger partial charge in [-0.2, -0.15) is 0 Å². The second-order valence-corrected chi connectivity index (χ2v) is 7.04. The molecule has 0 bridgehead atoms. The number of amides is 1. The van der Waals surface area contributed by atoms with Crippen LogP contribution in [-0.4, -0.2) is 35.6 Å². The van der Waals surface area contributed by atoms with Crippen LogP contribution in [0, 0.1) is 6.92 Å². The molecule has 0 unspecified atom stereocenters. The maximum absolute atomic E-state index is 12.5. The Labute approximate surface area is 189 Å². The van der Waals surface area contributed by atoms with Crippen LogP contribution in [0.5, 0.6) is 5.75 Å². The first-order chi connectivity index (χ1) is 16.0. The van der Waals surface area contributed by atoms with E-state index in [1.807, 2.05) is 0 Å². The summed E-state index contributed by atoms with van der Waals surface area (Å²) in [5.74, 6) is 0.762. The van der Waals surface area contributed by atoms with E-state index in [9.17, 15) is 9.59 Å². The number of hydrogen-bond acceptors (Lipinski definition) is 8. The van der Waals surface area contributed by atoms with Crippen molar-refractivity contribution in [1.82, 2.24) is 9.97 Å². The summed E-state index contributed by atoms with van der Waals surface area (Å²) in [6, 6.07) is 13.9. The minimum Gasteiger partial charge on any atom is -0.497 e. The normalized spacial score (nSPS) is 10.6. The zero-order valence-corrected chi connectivity index (χ0v) is 18.3. The van der Waals surface area contributed by atoms with Crippen LogP contribution >= 0.6 is 0 Å². The van der Waals surface area contributed by atoms with Gasteiger partial charge >= 0.3 is 5.97 Å². The van der Waals surface area contributed by atoms with Gasteiger partial charge in [-0.1, -0.05) is 0 Å². The molecule has 33 heavy (non-hydrogen) atoms. The molecule has 0 aliphatic carbocycles. The largest absolute Gasteiger partial charge is 0.497 e. The minimum atomic E-state index is -0.503. The molecule has 0 saturated heterocycles. The van der Waals surface area contributed by atoms with Crippen LogP contribution in [-0.2, 0) is 4.74 Å². The van der Waals surface area contributed by atoms with Gasteiger partial charge in [0, 0.05) is 16.9 Å². The van der Waals surface area contributed by atoms with E-state index in [2.05, 4.69) is 20.6 Å². The molecule has 2 aromatic heterocycles. The summed E-state index contributed by atoms with van der Waals surface area (Å²) in [5.41, 5.74) is 2.38. The van der Waals surface area contributed by atoms with Gasteiger partial charge in [-0.3, -0.25) is 4.79 Å². The highest BCUT2D eigenvalue weighted by atomic mass is 16.5. The number of methoxy groups -OCH3 is 1. The van der Waals surface area contributed by atoms with Gasteiger partial charge in [-0.05, 0) is 62.4 Å². The van der Waals surface area contributed by atoms with Crippen molar-refractivity contribution in [3.63, 3.8) is 0 Å². The molecule has 0 radical (unpaired) electrons. The fourth-order valence-electron chi connectivity index (χ4n) is 3.31. The Bertz CT molecular complexity index is 1300. The van der Waals surface area contributed by atoms with Gasteiger partial charge in [-0.25, -0.2) is 14.8 Å². The molecule has 0 saturated carbocycles. The smallest absolute Gasteiger partial charge is 0.342 e. The predicted molar refractivity (Wildman–Crippen MR) is 123 cm³/mol. The summed E-state index contributed by atoms with van der Waals surface area (Å²) in [7, 11) is 1.58. The summed E-state index contributed by atoms with van der Waals surface area (Å²) in [6.45, 7) is 3.65. The Morgan fingerprint density at radius 1 is 1.00 bits per heavy atom. The number of benzene rings is 2. The Morgan fingerprint density at radius 3 is 2.36 bits per heavy atom. The van der Waals surface area contributed by atoms with Crippen LogP contribution in [0.3, 0.4) is 0 Å². The van der Waals surface area contributed by atoms with E-state index in [0.717, 1.165) is 0 Å². The van der Waals surface area contributed by atoms with Crippen LogP contribution in [0.25, 0.3) is 11.1 Å². The number of aromatic nitrogens is 2. The number of aryl methyl sites for hydroxylation is 1. The fourth-order valence-corrected chi connectivity index (χ4v) is 3.31. The topological polar surface area (TPSA) is 116 Å². The highest BCUT2D eigenvalue weighted by molar-refractivity contribution is 6.08. The van der Waals surface area contributed by atoms with Gasteiger partial charge in [0.05, 0.1) is 19.1 Å². The van der Waals surface area contributed by atoms with Crippen molar-refractivity contribution in [2.75, 3.05) is 24.4 Å². The summed E-state index contributed by atoms with van der Waals surface area (Å²) >= 11 is 0. The predicted octanol–water partition coefficient (Wildman–Crippen LogP) is 4.71. The fraction of sp³-hybridized carbons (Fsp3) is 0.167. The third-order valence-corrected chi connectivity index (χ3v) is 4.90. The number of carbonyl (C=O) groups is 2. The molecular weight excluding hydrogens is 424 g/mol. The molecule has 4 rings (SSSR count). The summed E-state index contributed by atoms with van der Waals surface area (Å²) in [5, 5.41) is 6.44. The van der Waals surface area contributed by atoms with Crippen molar-refractivity contribution in [3.05, 3.63) is 71.7 Å². The van der Waals surface area contributed by atoms with Crippen molar-refractivity contribution >= 4 is 40.2 Å². The average Bonchev–Trinajstić information content (AvgIpc) is 3.17. The lowest BCUT2D eigenvalue weighted by molar-refractivity contribution is 0.0526. The molecule has 0 aliphatic rings. The second-order valence-electron chi connectivity index (χ2n) is 7.04. The lowest BCUT2D eigenvalue weighted by Crippen LogP contribution is -2.11. The third kappa shape index (κ3) is 4.62. The molecule has 2 heterocycles. The van der Waals surface area contributed by atoms with Gasteiger partial charge in [0.2, 0.25) is 5.71 Å². The van der Waals surface area contributed by atoms with E-state index >= 15 is 0 Å². The maximum atomic E-state index is 12.5. The maximum Gasteiger partial charge on any atom is 0.342 e. The summed E-state index contributed by atoms with van der Waals surface area (Å²) < 4.78 is 15.9. The molecular formula is C24H22N4O5. The lowest BCUT2D eigenvalue weighted by atomic mass is 10.1. The van der Waals surface area contributed by atoms with Crippen molar-refractivity contribution in [1.29, 1.82) is 0 Å².